The first-order valence-electron chi connectivity index (χ1n) is 28.0. The van der Waals surface area contributed by atoms with Crippen molar-refractivity contribution in [1.82, 2.24) is 9.13 Å². The summed E-state index contributed by atoms with van der Waals surface area (Å²) in [7, 11) is 0. The summed E-state index contributed by atoms with van der Waals surface area (Å²) in [5.41, 5.74) is 22.2. The van der Waals surface area contributed by atoms with Crippen molar-refractivity contribution < 1.29 is 8.83 Å². The van der Waals surface area contributed by atoms with E-state index in [-0.39, 0.29) is 7.43 Å². The van der Waals surface area contributed by atoms with Gasteiger partial charge in [0.25, 0.3) is 0 Å². The van der Waals surface area contributed by atoms with Crippen LogP contribution in [-0.2, 0) is 0 Å². The highest BCUT2D eigenvalue weighted by molar-refractivity contribution is 6.13. The lowest BCUT2D eigenvalue weighted by atomic mass is 10.1. The van der Waals surface area contributed by atoms with Crippen molar-refractivity contribution in [3.63, 3.8) is 0 Å². The van der Waals surface area contributed by atoms with Crippen molar-refractivity contribution in [2.24, 2.45) is 0 Å². The van der Waals surface area contributed by atoms with Crippen molar-refractivity contribution in [1.29, 1.82) is 0 Å². The van der Waals surface area contributed by atoms with Gasteiger partial charge in [-0.25, -0.2) is 0 Å². The predicted molar refractivity (Wildman–Crippen MR) is 351 cm³/mol. The maximum absolute atomic E-state index is 6.37. The Labute approximate surface area is 482 Å². The Morgan fingerprint density at radius 2 is 0.482 bits per heavy atom. The topological polar surface area (TPSA) is 42.6 Å². The number of rotatable bonds is 8. The van der Waals surface area contributed by atoms with Crippen LogP contribution in [0.25, 0.3) is 98.9 Å². The molecule has 0 unspecified atom stereocenters. The lowest BCUT2D eigenvalue weighted by Gasteiger charge is -2.26. The Morgan fingerprint density at radius 1 is 0.241 bits per heavy atom. The molecule has 0 aliphatic carbocycles. The van der Waals surface area contributed by atoms with Gasteiger partial charge in [0, 0.05) is 88.6 Å². The Morgan fingerprint density at radius 3 is 0.771 bits per heavy atom. The number of furan rings is 2. The van der Waals surface area contributed by atoms with Gasteiger partial charge in [-0.3, -0.25) is 0 Å². The molecule has 16 rings (SSSR count). The largest absolute Gasteiger partial charge is 0.456 e. The summed E-state index contributed by atoms with van der Waals surface area (Å²) in [5.74, 6) is 0. The first-order chi connectivity index (χ1) is 40.3. The van der Waals surface area contributed by atoms with Crippen LogP contribution in [-0.4, -0.2) is 9.13 Å². The molecule has 0 spiro atoms. The Balaban J connectivity index is 0.000000147. The number of anilines is 6. The van der Waals surface area contributed by atoms with Gasteiger partial charge in [-0.15, -0.1) is 0 Å². The molecule has 6 heteroatoms. The summed E-state index contributed by atoms with van der Waals surface area (Å²) in [6.07, 6.45) is 0. The second-order valence-electron chi connectivity index (χ2n) is 21.7. The normalized spacial score (nSPS) is 11.5. The Hall–Kier alpha value is -10.6. The van der Waals surface area contributed by atoms with Gasteiger partial charge in [-0.2, -0.15) is 0 Å². The fraction of sp³-hybridized carbons (Fsp3) is 0.0649. The third-order valence-electron chi connectivity index (χ3n) is 16.2. The molecule has 0 aliphatic rings. The molecule has 0 radical (unpaired) electrons. The number of aryl methyl sites for hydroxylation is 4. The minimum atomic E-state index is 0. The van der Waals surface area contributed by atoms with E-state index in [1.54, 1.807) is 0 Å². The average Bonchev–Trinajstić information content (AvgIpc) is 4.37. The van der Waals surface area contributed by atoms with Crippen LogP contribution in [0.2, 0.25) is 0 Å². The summed E-state index contributed by atoms with van der Waals surface area (Å²) in [4.78, 5) is 4.62. The maximum atomic E-state index is 6.37. The molecule has 83 heavy (non-hydrogen) atoms. The minimum absolute atomic E-state index is 0. The summed E-state index contributed by atoms with van der Waals surface area (Å²) < 4.78 is 17.4. The van der Waals surface area contributed by atoms with Gasteiger partial charge in [-0.05, 0) is 173 Å². The quantitative estimate of drug-likeness (QED) is 0.152. The van der Waals surface area contributed by atoms with E-state index in [0.717, 1.165) is 89.4 Å². The SMILES string of the molecule is C.Cc1ccc(N(c2ccc(C)cc2)c2ccc3oc4ccc(N(c5ccc(C)cc5)c5ccc(C)cc5)cc4c3c2)cc1.c1ccc2c(c1)c1ccccc1n2-c1ccc2oc3ccc(-n4c5ccccc5c5ccccc54)cc3c2c1. The van der Waals surface area contributed by atoms with Crippen LogP contribution in [0.3, 0.4) is 0 Å². The van der Waals surface area contributed by atoms with Gasteiger partial charge in [0.1, 0.15) is 22.3 Å². The first kappa shape index (κ1) is 50.6. The summed E-state index contributed by atoms with van der Waals surface area (Å²) in [6.45, 7) is 8.49. The molecule has 0 amide bonds. The van der Waals surface area contributed by atoms with Crippen LogP contribution in [0.4, 0.5) is 34.1 Å². The summed E-state index contributed by atoms with van der Waals surface area (Å²) in [6, 6.07) is 95.4. The van der Waals surface area contributed by atoms with Crippen molar-refractivity contribution >= 4 is 122 Å². The number of aromatic nitrogens is 2. The Bertz CT molecular complexity index is 4560. The highest BCUT2D eigenvalue weighted by atomic mass is 16.3. The van der Waals surface area contributed by atoms with Crippen molar-refractivity contribution in [3.05, 3.63) is 289 Å². The second-order valence-corrected chi connectivity index (χ2v) is 21.7. The van der Waals surface area contributed by atoms with E-state index in [0.29, 0.717) is 0 Å². The van der Waals surface area contributed by atoms with Gasteiger partial charge in [0.2, 0.25) is 0 Å². The molecular formula is C77H60N4O2. The number of para-hydroxylation sites is 4. The molecule has 12 aromatic carbocycles. The lowest BCUT2D eigenvalue weighted by molar-refractivity contribution is 0.668. The van der Waals surface area contributed by atoms with Gasteiger partial charge in [-0.1, -0.05) is 151 Å². The number of hydrogen-bond acceptors (Lipinski definition) is 4. The van der Waals surface area contributed by atoms with Crippen LogP contribution >= 0.6 is 0 Å². The fourth-order valence-electron chi connectivity index (χ4n) is 12.1. The van der Waals surface area contributed by atoms with Gasteiger partial charge in [0.15, 0.2) is 0 Å². The van der Waals surface area contributed by atoms with Crippen LogP contribution in [0, 0.1) is 27.7 Å². The highest BCUT2D eigenvalue weighted by Crippen LogP contribution is 2.43. The summed E-state index contributed by atoms with van der Waals surface area (Å²) >= 11 is 0. The Kier molecular flexibility index (Phi) is 12.5. The van der Waals surface area contributed by atoms with Gasteiger partial charge >= 0.3 is 0 Å². The minimum Gasteiger partial charge on any atom is -0.456 e. The number of hydrogen-bond donors (Lipinski definition) is 0. The van der Waals surface area contributed by atoms with Crippen LogP contribution < -0.4 is 9.80 Å². The lowest BCUT2D eigenvalue weighted by Crippen LogP contribution is -2.10. The first-order valence-corrected chi connectivity index (χ1v) is 28.0. The van der Waals surface area contributed by atoms with Crippen LogP contribution in [0.5, 0.6) is 0 Å². The number of nitrogens with zero attached hydrogens (tertiary/aromatic N) is 4. The standard InChI is InChI=1S/C40H34N2O.C36H22N2O.CH4/c1-27-5-13-31(14-6-27)41(32-15-7-28(2)8-16-32)35-21-23-39-37(25-35)38-26-36(22-24-40(38)43-39)42(33-17-9-29(3)10-18-33)34-19-11-30(4)12-20-34;1-5-13-31-25(9-1)26-10-2-6-14-32(26)37(31)23-17-19-35-29(21-23)30-22-24(18-20-36(30)39-35)38-33-15-7-3-11-27(33)28-12-4-8-16-34(28)38;/h5-26H,1-4H3;1-22H;1H4. The molecule has 4 aromatic heterocycles. The molecule has 16 aromatic rings. The summed E-state index contributed by atoms with van der Waals surface area (Å²) in [5, 5.41) is 9.47. The van der Waals surface area contributed by atoms with Crippen molar-refractivity contribution in [2.75, 3.05) is 9.80 Å². The van der Waals surface area contributed by atoms with E-state index < -0.39 is 0 Å². The van der Waals surface area contributed by atoms with Crippen molar-refractivity contribution in [3.8, 4) is 11.4 Å². The molecule has 0 fully saturated rings. The van der Waals surface area contributed by atoms with E-state index in [1.807, 2.05) is 0 Å². The third-order valence-corrected chi connectivity index (χ3v) is 16.2. The molecule has 0 N–H and O–H groups in total. The third kappa shape index (κ3) is 8.84. The number of fused-ring (bicyclic) bond motifs is 12. The zero-order chi connectivity index (χ0) is 55.0. The molecule has 400 valence electrons. The maximum Gasteiger partial charge on any atom is 0.135 e. The zero-order valence-corrected chi connectivity index (χ0v) is 46.0. The highest BCUT2D eigenvalue weighted by Gasteiger charge is 2.20. The van der Waals surface area contributed by atoms with E-state index in [4.69, 9.17) is 8.83 Å². The van der Waals surface area contributed by atoms with Gasteiger partial charge in [0.05, 0.1) is 22.1 Å². The molecule has 0 saturated carbocycles. The van der Waals surface area contributed by atoms with E-state index >= 15 is 0 Å². The average molecular weight is 1070 g/mol. The fourth-order valence-corrected chi connectivity index (χ4v) is 12.1. The predicted octanol–water partition coefficient (Wildman–Crippen LogP) is 22.2. The van der Waals surface area contributed by atoms with Gasteiger partial charge < -0.3 is 27.8 Å². The molecule has 4 heterocycles. The van der Waals surface area contributed by atoms with E-state index in [1.165, 1.54) is 65.9 Å². The van der Waals surface area contributed by atoms with Crippen LogP contribution in [0.1, 0.15) is 29.7 Å². The molecular weight excluding hydrogens is 1010 g/mol. The monoisotopic (exact) mass is 1070 g/mol. The molecule has 0 aliphatic heterocycles. The zero-order valence-electron chi connectivity index (χ0n) is 46.0. The van der Waals surface area contributed by atoms with Crippen LogP contribution in [0.15, 0.2) is 276 Å². The van der Waals surface area contributed by atoms with Crippen molar-refractivity contribution in [2.45, 2.75) is 35.1 Å². The molecule has 0 atom stereocenters. The van der Waals surface area contributed by atoms with E-state index in [9.17, 15) is 0 Å². The molecule has 0 bridgehead atoms. The van der Waals surface area contributed by atoms with E-state index in [2.05, 4.69) is 314 Å². The second kappa shape index (κ2) is 20.5. The number of benzene rings is 12. The molecule has 0 saturated heterocycles. The smallest absolute Gasteiger partial charge is 0.135 e. The molecule has 6 nitrogen and oxygen atoms in total.